The predicted octanol–water partition coefficient (Wildman–Crippen LogP) is 4.32. The number of rotatable bonds is 8. The average Bonchev–Trinajstić information content (AvgIpc) is 3.06. The van der Waals surface area contributed by atoms with Gasteiger partial charge in [-0.1, -0.05) is 60.7 Å². The highest BCUT2D eigenvalue weighted by molar-refractivity contribution is 6.15. The lowest BCUT2D eigenvalue weighted by Crippen LogP contribution is -2.41. The Bertz CT molecular complexity index is 1110. The van der Waals surface area contributed by atoms with Crippen molar-refractivity contribution < 1.29 is 18.8 Å². The fraction of sp³-hybridized carbons (Fsp3) is 0.222. The second-order valence-electron chi connectivity index (χ2n) is 8.24. The van der Waals surface area contributed by atoms with Crippen LogP contribution >= 0.6 is 0 Å². The van der Waals surface area contributed by atoms with Gasteiger partial charge in [-0.25, -0.2) is 9.18 Å². The topological polar surface area (TPSA) is 69.7 Å². The lowest BCUT2D eigenvalue weighted by atomic mass is 9.88. The van der Waals surface area contributed by atoms with Crippen molar-refractivity contribution in [2.24, 2.45) is 0 Å². The Morgan fingerprint density at radius 1 is 0.912 bits per heavy atom. The number of amides is 4. The van der Waals surface area contributed by atoms with Crippen LogP contribution in [0.4, 0.5) is 14.9 Å². The van der Waals surface area contributed by atoms with E-state index in [4.69, 9.17) is 0 Å². The van der Waals surface area contributed by atoms with E-state index in [0.29, 0.717) is 18.7 Å². The maximum Gasteiger partial charge on any atom is 0.332 e. The van der Waals surface area contributed by atoms with E-state index in [0.717, 1.165) is 16.0 Å². The van der Waals surface area contributed by atoms with Gasteiger partial charge in [-0.3, -0.25) is 19.4 Å². The average molecular weight is 460 g/mol. The zero-order chi connectivity index (χ0) is 24.1. The van der Waals surface area contributed by atoms with E-state index in [-0.39, 0.29) is 12.5 Å². The van der Waals surface area contributed by atoms with Crippen LogP contribution in [-0.4, -0.2) is 41.9 Å². The van der Waals surface area contributed by atoms with Crippen molar-refractivity contribution in [3.8, 4) is 0 Å². The monoisotopic (exact) mass is 459 g/mol. The molecule has 1 unspecified atom stereocenters. The summed E-state index contributed by atoms with van der Waals surface area (Å²) in [5.41, 5.74) is 2.71. The van der Waals surface area contributed by atoms with E-state index in [1.54, 1.807) is 6.92 Å². The van der Waals surface area contributed by atoms with Gasteiger partial charge in [0.1, 0.15) is 18.4 Å². The van der Waals surface area contributed by atoms with E-state index < -0.39 is 29.7 Å². The van der Waals surface area contributed by atoms with Crippen molar-refractivity contribution in [1.29, 1.82) is 0 Å². The molecule has 1 aliphatic heterocycles. The molecule has 1 aliphatic rings. The van der Waals surface area contributed by atoms with Gasteiger partial charge in [-0.2, -0.15) is 0 Å². The van der Waals surface area contributed by atoms with Gasteiger partial charge >= 0.3 is 6.03 Å². The highest BCUT2D eigenvalue weighted by Gasteiger charge is 2.44. The zero-order valence-electron chi connectivity index (χ0n) is 18.9. The van der Waals surface area contributed by atoms with Crippen molar-refractivity contribution in [3.05, 3.63) is 102 Å². The molecule has 3 aromatic carbocycles. The fourth-order valence-corrected chi connectivity index (χ4v) is 4.26. The Labute approximate surface area is 198 Å². The first-order chi connectivity index (χ1) is 16.5. The second kappa shape index (κ2) is 10.3. The van der Waals surface area contributed by atoms with Crippen LogP contribution < -0.4 is 10.2 Å². The third-order valence-electron chi connectivity index (χ3n) is 6.01. The summed E-state index contributed by atoms with van der Waals surface area (Å²) in [6.45, 7) is 1.62. The number of imide groups is 1. The molecular formula is C27H26FN3O3. The third-order valence-corrected chi connectivity index (χ3v) is 6.01. The Morgan fingerprint density at radius 3 is 2.03 bits per heavy atom. The summed E-state index contributed by atoms with van der Waals surface area (Å²) in [4.78, 5) is 40.3. The highest BCUT2D eigenvalue weighted by atomic mass is 19.1. The summed E-state index contributed by atoms with van der Waals surface area (Å²) in [6, 6.07) is 24.1. The highest BCUT2D eigenvalue weighted by Crippen LogP contribution is 2.28. The maximum atomic E-state index is 13.3. The molecule has 0 bridgehead atoms. The minimum atomic E-state index is -0.772. The van der Waals surface area contributed by atoms with Crippen molar-refractivity contribution in [3.63, 3.8) is 0 Å². The summed E-state index contributed by atoms with van der Waals surface area (Å²) >= 11 is 0. The van der Waals surface area contributed by atoms with Crippen LogP contribution in [0.2, 0.25) is 0 Å². The molecular weight excluding hydrogens is 433 g/mol. The summed E-state index contributed by atoms with van der Waals surface area (Å²) in [7, 11) is 0. The van der Waals surface area contributed by atoms with Crippen LogP contribution in [0.3, 0.4) is 0 Å². The fourth-order valence-electron chi connectivity index (χ4n) is 4.26. The van der Waals surface area contributed by atoms with Crippen LogP contribution in [0, 0.1) is 5.82 Å². The van der Waals surface area contributed by atoms with Gasteiger partial charge in [0.15, 0.2) is 0 Å². The molecule has 0 saturated carbocycles. The summed E-state index contributed by atoms with van der Waals surface area (Å²) in [5.74, 6) is -1.20. The van der Waals surface area contributed by atoms with Crippen LogP contribution in [-0.2, 0) is 9.59 Å². The first-order valence-corrected chi connectivity index (χ1v) is 11.2. The Balaban J connectivity index is 1.38. The molecule has 7 heteroatoms. The largest absolute Gasteiger partial charge is 0.355 e. The Kier molecular flexibility index (Phi) is 7.01. The number of halogens is 1. The standard InChI is InChI=1S/C27H26FN3O3/c1-19-26(33)30(27(34)31(19)23-14-12-22(28)13-15-23)18-25(32)29-17-16-24(20-8-4-2-5-9-20)21-10-6-3-7-11-21/h2-15,19,24H,16-18H2,1H3,(H,29,32). The minimum Gasteiger partial charge on any atom is -0.355 e. The molecule has 4 rings (SSSR count). The van der Waals surface area contributed by atoms with E-state index in [1.807, 2.05) is 36.4 Å². The van der Waals surface area contributed by atoms with Gasteiger partial charge in [0.2, 0.25) is 5.91 Å². The molecule has 174 valence electrons. The van der Waals surface area contributed by atoms with Crippen molar-refractivity contribution in [1.82, 2.24) is 10.2 Å². The van der Waals surface area contributed by atoms with Crippen molar-refractivity contribution >= 4 is 23.5 Å². The number of urea groups is 1. The van der Waals surface area contributed by atoms with Crippen molar-refractivity contribution in [2.45, 2.75) is 25.3 Å². The Morgan fingerprint density at radius 2 is 1.47 bits per heavy atom. The molecule has 1 atom stereocenters. The molecule has 0 aliphatic carbocycles. The number of anilines is 1. The summed E-state index contributed by atoms with van der Waals surface area (Å²) in [5, 5.41) is 2.84. The number of hydrogen-bond donors (Lipinski definition) is 1. The normalized spacial score (nSPS) is 15.8. The van der Waals surface area contributed by atoms with Gasteiger partial charge < -0.3 is 5.32 Å². The molecule has 1 saturated heterocycles. The van der Waals surface area contributed by atoms with E-state index >= 15 is 0 Å². The van der Waals surface area contributed by atoms with Gasteiger partial charge in [0, 0.05) is 18.2 Å². The quantitative estimate of drug-likeness (QED) is 0.510. The number of nitrogens with zero attached hydrogens (tertiary/aromatic N) is 2. The van der Waals surface area contributed by atoms with Gasteiger partial charge in [0.05, 0.1) is 0 Å². The zero-order valence-corrected chi connectivity index (χ0v) is 18.9. The van der Waals surface area contributed by atoms with Crippen LogP contribution in [0.25, 0.3) is 0 Å². The number of hydrogen-bond acceptors (Lipinski definition) is 3. The van der Waals surface area contributed by atoms with Crippen LogP contribution in [0.15, 0.2) is 84.9 Å². The number of nitrogens with one attached hydrogen (secondary N) is 1. The van der Waals surface area contributed by atoms with E-state index in [9.17, 15) is 18.8 Å². The minimum absolute atomic E-state index is 0.103. The van der Waals surface area contributed by atoms with Gasteiger partial charge in [0.25, 0.3) is 5.91 Å². The first kappa shape index (κ1) is 23.2. The molecule has 1 fully saturated rings. The molecule has 34 heavy (non-hydrogen) atoms. The molecule has 0 spiro atoms. The van der Waals surface area contributed by atoms with Gasteiger partial charge in [-0.05, 0) is 48.7 Å². The molecule has 0 aromatic heterocycles. The van der Waals surface area contributed by atoms with Crippen molar-refractivity contribution in [2.75, 3.05) is 18.0 Å². The molecule has 1 heterocycles. The van der Waals surface area contributed by atoms with E-state index in [2.05, 4.69) is 29.6 Å². The van der Waals surface area contributed by atoms with Crippen LogP contribution in [0.1, 0.15) is 30.4 Å². The third kappa shape index (κ3) is 4.98. The molecule has 6 nitrogen and oxygen atoms in total. The number of carbonyl (C=O) groups is 3. The molecule has 3 aromatic rings. The summed E-state index contributed by atoms with van der Waals surface area (Å²) in [6.07, 6.45) is 0.666. The predicted molar refractivity (Wildman–Crippen MR) is 128 cm³/mol. The van der Waals surface area contributed by atoms with Gasteiger partial charge in [-0.15, -0.1) is 0 Å². The number of benzene rings is 3. The SMILES string of the molecule is CC1C(=O)N(CC(=O)NCCC(c2ccccc2)c2ccccc2)C(=O)N1c1ccc(F)cc1. The lowest BCUT2D eigenvalue weighted by Gasteiger charge is -2.20. The summed E-state index contributed by atoms with van der Waals surface area (Å²) < 4.78 is 13.3. The molecule has 4 amide bonds. The smallest absolute Gasteiger partial charge is 0.332 e. The molecule has 0 radical (unpaired) electrons. The Hall–Kier alpha value is -4.00. The van der Waals surface area contributed by atoms with Crippen LogP contribution in [0.5, 0.6) is 0 Å². The molecule has 1 N–H and O–H groups in total. The lowest BCUT2D eigenvalue weighted by molar-refractivity contribution is -0.131. The van der Waals surface area contributed by atoms with E-state index in [1.165, 1.54) is 29.2 Å². The first-order valence-electron chi connectivity index (χ1n) is 11.2. The second-order valence-corrected chi connectivity index (χ2v) is 8.24. The maximum absolute atomic E-state index is 13.3. The number of carbonyl (C=O) groups excluding carboxylic acids is 3.